The maximum absolute atomic E-state index is 11.8. The minimum absolute atomic E-state index is 0.0191. The van der Waals surface area contributed by atoms with Crippen LogP contribution in [0.15, 0.2) is 34.9 Å². The third-order valence-electron chi connectivity index (χ3n) is 2.06. The zero-order valence-corrected chi connectivity index (χ0v) is 10.6. The average molecular weight is 291 g/mol. The molecule has 0 bridgehead atoms. The fourth-order valence-electron chi connectivity index (χ4n) is 1.25. The Morgan fingerprint density at radius 3 is 2.29 bits per heavy atom. The number of carbonyl (C=O) groups is 1. The summed E-state index contributed by atoms with van der Waals surface area (Å²) in [7, 11) is 0. The van der Waals surface area contributed by atoms with E-state index in [0.717, 1.165) is 0 Å². The van der Waals surface area contributed by atoms with Gasteiger partial charge < -0.3 is 9.73 Å². The number of halogens is 3. The molecule has 0 fully saturated rings. The summed E-state index contributed by atoms with van der Waals surface area (Å²) in [6.45, 7) is 0. The second-order valence-corrected chi connectivity index (χ2v) is 4.32. The Morgan fingerprint density at radius 1 is 1.12 bits per heavy atom. The Kier molecular flexibility index (Phi) is 3.62. The van der Waals surface area contributed by atoms with Crippen LogP contribution in [-0.4, -0.2) is 5.91 Å². The van der Waals surface area contributed by atoms with E-state index in [0.29, 0.717) is 15.7 Å². The molecule has 17 heavy (non-hydrogen) atoms. The zero-order valence-electron chi connectivity index (χ0n) is 8.34. The lowest BCUT2D eigenvalue weighted by Crippen LogP contribution is -2.12. The van der Waals surface area contributed by atoms with Gasteiger partial charge in [-0.15, -0.1) is 0 Å². The van der Waals surface area contributed by atoms with Gasteiger partial charge >= 0.3 is 0 Å². The number of rotatable bonds is 2. The van der Waals surface area contributed by atoms with E-state index in [-0.39, 0.29) is 10.8 Å². The molecule has 1 amide bonds. The van der Waals surface area contributed by atoms with Gasteiger partial charge in [0.1, 0.15) is 0 Å². The van der Waals surface area contributed by atoms with Crippen molar-refractivity contribution in [2.45, 2.75) is 0 Å². The Bertz CT molecular complexity index is 545. The molecule has 0 unspecified atom stereocenters. The molecular weight excluding hydrogens is 284 g/mol. The number of furan rings is 1. The molecule has 0 radical (unpaired) electrons. The van der Waals surface area contributed by atoms with Crippen molar-refractivity contribution in [3.63, 3.8) is 0 Å². The Balaban J connectivity index is 2.28. The summed E-state index contributed by atoms with van der Waals surface area (Å²) in [5.74, 6) is -0.432. The van der Waals surface area contributed by atoms with Gasteiger partial charge in [-0.2, -0.15) is 0 Å². The van der Waals surface area contributed by atoms with Crippen molar-refractivity contribution in [2.24, 2.45) is 0 Å². The molecule has 1 N–H and O–H groups in total. The predicted molar refractivity (Wildman–Crippen MR) is 68.1 cm³/mol. The minimum Gasteiger partial charge on any atom is -0.452 e. The van der Waals surface area contributed by atoms with Gasteiger partial charge in [0.15, 0.2) is 0 Å². The minimum atomic E-state index is -0.432. The van der Waals surface area contributed by atoms with Gasteiger partial charge in [-0.05, 0) is 29.8 Å². The number of para-hydroxylation sites is 1. The van der Waals surface area contributed by atoms with Crippen LogP contribution in [0.25, 0.3) is 0 Å². The van der Waals surface area contributed by atoms with Crippen LogP contribution in [0, 0.1) is 0 Å². The predicted octanol–water partition coefficient (Wildman–Crippen LogP) is 4.49. The maximum Gasteiger partial charge on any atom is 0.260 e. The third kappa shape index (κ3) is 2.57. The summed E-state index contributed by atoms with van der Waals surface area (Å²) in [6, 6.07) is 6.40. The van der Waals surface area contributed by atoms with Gasteiger partial charge in [0.25, 0.3) is 5.91 Å². The first-order valence-electron chi connectivity index (χ1n) is 4.58. The van der Waals surface area contributed by atoms with E-state index in [2.05, 4.69) is 5.32 Å². The van der Waals surface area contributed by atoms with Crippen molar-refractivity contribution in [1.29, 1.82) is 0 Å². The van der Waals surface area contributed by atoms with Crippen LogP contribution >= 0.6 is 34.8 Å². The van der Waals surface area contributed by atoms with Crippen LogP contribution in [0.5, 0.6) is 0 Å². The van der Waals surface area contributed by atoms with Gasteiger partial charge in [-0.1, -0.05) is 29.3 Å². The van der Waals surface area contributed by atoms with Crippen molar-refractivity contribution in [3.05, 3.63) is 51.4 Å². The van der Waals surface area contributed by atoms with Crippen LogP contribution in [0.4, 0.5) is 5.69 Å². The standard InChI is InChI=1S/C11H6Cl3NO2/c12-7-2-1-3-8(13)9(7)15-11(16)6-4-5-17-10(6)14/h1-5H,(H,15,16). The van der Waals surface area contributed by atoms with Crippen molar-refractivity contribution < 1.29 is 9.21 Å². The van der Waals surface area contributed by atoms with Gasteiger partial charge in [0.05, 0.1) is 27.6 Å². The van der Waals surface area contributed by atoms with E-state index in [4.69, 9.17) is 39.2 Å². The number of benzene rings is 1. The summed E-state index contributed by atoms with van der Waals surface area (Å²) in [6.07, 6.45) is 1.32. The lowest BCUT2D eigenvalue weighted by molar-refractivity contribution is 0.102. The van der Waals surface area contributed by atoms with E-state index in [1.165, 1.54) is 12.3 Å². The van der Waals surface area contributed by atoms with E-state index >= 15 is 0 Å². The van der Waals surface area contributed by atoms with Crippen molar-refractivity contribution in [2.75, 3.05) is 5.32 Å². The Hall–Kier alpha value is -1.16. The molecule has 6 heteroatoms. The quantitative estimate of drug-likeness (QED) is 0.885. The van der Waals surface area contributed by atoms with Crippen molar-refractivity contribution >= 4 is 46.4 Å². The van der Waals surface area contributed by atoms with Gasteiger partial charge in [-0.3, -0.25) is 4.79 Å². The van der Waals surface area contributed by atoms with E-state index in [9.17, 15) is 4.79 Å². The van der Waals surface area contributed by atoms with Crippen LogP contribution in [0.3, 0.4) is 0 Å². The summed E-state index contributed by atoms with van der Waals surface area (Å²) >= 11 is 17.5. The van der Waals surface area contributed by atoms with Crippen LogP contribution in [0.2, 0.25) is 15.3 Å². The molecule has 88 valence electrons. The fraction of sp³-hybridized carbons (Fsp3) is 0. The number of hydrogen-bond donors (Lipinski definition) is 1. The highest BCUT2D eigenvalue weighted by Crippen LogP contribution is 2.30. The largest absolute Gasteiger partial charge is 0.452 e. The fourth-order valence-corrected chi connectivity index (χ4v) is 1.95. The molecule has 0 aliphatic carbocycles. The molecule has 2 aromatic rings. The normalized spacial score (nSPS) is 10.3. The molecule has 1 aromatic carbocycles. The second-order valence-electron chi connectivity index (χ2n) is 3.16. The summed E-state index contributed by atoms with van der Waals surface area (Å²) in [5, 5.41) is 3.30. The highest BCUT2D eigenvalue weighted by atomic mass is 35.5. The first kappa shape index (κ1) is 12.3. The topological polar surface area (TPSA) is 42.2 Å². The second kappa shape index (κ2) is 5.00. The smallest absolute Gasteiger partial charge is 0.260 e. The molecule has 0 saturated carbocycles. The first-order valence-corrected chi connectivity index (χ1v) is 5.71. The zero-order chi connectivity index (χ0) is 12.4. The molecule has 0 atom stereocenters. The summed E-state index contributed by atoms with van der Waals surface area (Å²) in [4.78, 5) is 11.8. The third-order valence-corrected chi connectivity index (χ3v) is 2.99. The highest BCUT2D eigenvalue weighted by Gasteiger charge is 2.15. The average Bonchev–Trinajstić information content (AvgIpc) is 2.70. The van der Waals surface area contributed by atoms with E-state index < -0.39 is 5.91 Å². The van der Waals surface area contributed by atoms with E-state index in [1.807, 2.05) is 0 Å². The van der Waals surface area contributed by atoms with E-state index in [1.54, 1.807) is 18.2 Å². The Morgan fingerprint density at radius 2 is 1.76 bits per heavy atom. The molecule has 0 saturated heterocycles. The van der Waals surface area contributed by atoms with Crippen LogP contribution in [0.1, 0.15) is 10.4 Å². The van der Waals surface area contributed by atoms with Crippen molar-refractivity contribution in [1.82, 2.24) is 0 Å². The van der Waals surface area contributed by atoms with Crippen molar-refractivity contribution in [3.8, 4) is 0 Å². The Labute approximate surface area is 112 Å². The number of hydrogen-bond acceptors (Lipinski definition) is 2. The van der Waals surface area contributed by atoms with Gasteiger partial charge in [-0.25, -0.2) is 0 Å². The highest BCUT2D eigenvalue weighted by molar-refractivity contribution is 6.40. The number of nitrogens with one attached hydrogen (secondary N) is 1. The van der Waals surface area contributed by atoms with Crippen LogP contribution in [-0.2, 0) is 0 Å². The molecule has 0 aliphatic heterocycles. The number of anilines is 1. The monoisotopic (exact) mass is 289 g/mol. The molecule has 0 aliphatic rings. The summed E-state index contributed by atoms with van der Waals surface area (Å²) < 4.78 is 4.82. The maximum atomic E-state index is 11.8. The number of amides is 1. The SMILES string of the molecule is O=C(Nc1c(Cl)cccc1Cl)c1ccoc1Cl. The molecule has 1 heterocycles. The number of carbonyl (C=O) groups excluding carboxylic acids is 1. The molecule has 3 nitrogen and oxygen atoms in total. The molecule has 0 spiro atoms. The molecular formula is C11H6Cl3NO2. The molecule has 1 aromatic heterocycles. The van der Waals surface area contributed by atoms with Gasteiger partial charge in [0.2, 0.25) is 5.22 Å². The summed E-state index contributed by atoms with van der Waals surface area (Å²) in [5.41, 5.74) is 0.570. The lowest BCUT2D eigenvalue weighted by atomic mass is 10.2. The molecule has 2 rings (SSSR count). The van der Waals surface area contributed by atoms with Gasteiger partial charge in [0, 0.05) is 0 Å². The first-order chi connectivity index (χ1) is 8.09. The lowest BCUT2D eigenvalue weighted by Gasteiger charge is -2.07. The van der Waals surface area contributed by atoms with Crippen LogP contribution < -0.4 is 5.32 Å².